The minimum atomic E-state index is -4.82. The van der Waals surface area contributed by atoms with Gasteiger partial charge in [0.25, 0.3) is 0 Å². The van der Waals surface area contributed by atoms with Gasteiger partial charge in [-0.25, -0.2) is 4.18 Å². The summed E-state index contributed by atoms with van der Waals surface area (Å²) in [6.45, 7) is 15.1. The SMILES string of the molecule is CC(=O)O[C@@H]1[C@@H](OS(=O)(=O)O)[C@@H]2CC=C3[C@@H]4CC[C@H]([C@H](C)[C@@H]5O[C@H]5[C@@H](C)C(C)C)[C@@]4(C)CC[C@@H]3[C@@]2(C)C[C@H]1O. The molecule has 222 valence electrons. The van der Waals surface area contributed by atoms with Crippen LogP contribution in [0.5, 0.6) is 0 Å². The molecule has 0 radical (unpaired) electrons. The molecule has 0 spiro atoms. The van der Waals surface area contributed by atoms with Crippen LogP contribution in [0, 0.1) is 52.3 Å². The zero-order chi connectivity index (χ0) is 28.7. The molecule has 1 saturated heterocycles. The Morgan fingerprint density at radius 3 is 2.33 bits per heavy atom. The maximum absolute atomic E-state index is 11.8. The summed E-state index contributed by atoms with van der Waals surface area (Å²) < 4.78 is 50.1. The van der Waals surface area contributed by atoms with Crippen LogP contribution in [0.1, 0.15) is 87.0 Å². The predicted molar refractivity (Wildman–Crippen MR) is 146 cm³/mol. The van der Waals surface area contributed by atoms with Crippen molar-refractivity contribution in [2.24, 2.45) is 52.3 Å². The summed E-state index contributed by atoms with van der Waals surface area (Å²) in [5.74, 6) is 1.94. The van der Waals surface area contributed by atoms with Gasteiger partial charge in [-0.3, -0.25) is 9.35 Å². The third-order valence-electron chi connectivity index (χ3n) is 12.0. The van der Waals surface area contributed by atoms with E-state index < -0.39 is 40.1 Å². The zero-order valence-corrected chi connectivity index (χ0v) is 25.3. The number of hydrogen-bond donors (Lipinski definition) is 2. The molecule has 4 aliphatic carbocycles. The summed E-state index contributed by atoms with van der Waals surface area (Å²) in [6, 6.07) is 0. The maximum Gasteiger partial charge on any atom is 0.397 e. The number of carbonyl (C=O) groups excluding carboxylic acids is 1. The standard InChI is InChI=1S/C30H48O8S/c1-15(2)16(3)25-26(37-25)17(4)20-10-11-21-19-8-9-23-27(38-39(33,34)35)28(36-18(5)31)24(32)14-30(23,7)22(19)12-13-29(20,21)6/h8,15-17,20-28,32H,9-14H2,1-7H3,(H,33,34,35)/t16-,17-,20+,21-,22-,23-,24+,25-,26-,27-,28-,29+,30+/m0/s1. The normalized spacial score (nSPS) is 46.9. The Bertz CT molecular complexity index is 1100. The van der Waals surface area contributed by atoms with E-state index in [1.807, 2.05) is 0 Å². The van der Waals surface area contributed by atoms with Crippen molar-refractivity contribution in [1.29, 1.82) is 0 Å². The lowest BCUT2D eigenvalue weighted by Crippen LogP contribution is -2.61. The molecule has 1 aliphatic heterocycles. The fourth-order valence-corrected chi connectivity index (χ4v) is 10.2. The van der Waals surface area contributed by atoms with Crippen LogP contribution in [0.25, 0.3) is 0 Å². The molecular weight excluding hydrogens is 520 g/mol. The van der Waals surface area contributed by atoms with Crippen molar-refractivity contribution >= 4 is 16.4 Å². The average Bonchev–Trinajstić information content (AvgIpc) is 3.53. The fourth-order valence-electron chi connectivity index (χ4n) is 9.69. The molecule has 5 rings (SSSR count). The number of ether oxygens (including phenoxy) is 2. The second-order valence-corrected chi connectivity index (χ2v) is 15.3. The summed E-state index contributed by atoms with van der Waals surface area (Å²) in [5, 5.41) is 11.1. The molecule has 5 aliphatic rings. The largest absolute Gasteiger partial charge is 0.457 e. The van der Waals surface area contributed by atoms with Crippen molar-refractivity contribution in [3.63, 3.8) is 0 Å². The van der Waals surface area contributed by atoms with Crippen LogP contribution in [0.4, 0.5) is 0 Å². The predicted octanol–water partition coefficient (Wildman–Crippen LogP) is 4.96. The van der Waals surface area contributed by atoms with Crippen LogP contribution < -0.4 is 0 Å². The Hall–Kier alpha value is -1.00. The van der Waals surface area contributed by atoms with E-state index in [1.54, 1.807) is 0 Å². The van der Waals surface area contributed by atoms with Crippen LogP contribution in [0.15, 0.2) is 11.6 Å². The smallest absolute Gasteiger partial charge is 0.397 e. The quantitative estimate of drug-likeness (QED) is 0.191. The van der Waals surface area contributed by atoms with Crippen molar-refractivity contribution in [3.05, 3.63) is 11.6 Å². The summed E-state index contributed by atoms with van der Waals surface area (Å²) in [7, 11) is -4.82. The Morgan fingerprint density at radius 2 is 1.72 bits per heavy atom. The first-order chi connectivity index (χ1) is 18.1. The fraction of sp³-hybridized carbons (Fsp3) is 0.900. The molecule has 2 N–H and O–H groups in total. The molecule has 0 aromatic rings. The number of hydrogen-bond acceptors (Lipinski definition) is 7. The topological polar surface area (TPSA) is 123 Å². The third kappa shape index (κ3) is 5.02. The molecule has 3 saturated carbocycles. The van der Waals surface area contributed by atoms with E-state index in [9.17, 15) is 22.9 Å². The summed E-state index contributed by atoms with van der Waals surface area (Å²) in [5.41, 5.74) is 1.18. The molecule has 0 bridgehead atoms. The van der Waals surface area contributed by atoms with Gasteiger partial charge >= 0.3 is 16.4 Å². The summed E-state index contributed by atoms with van der Waals surface area (Å²) in [6.07, 6.45) is 4.89. The van der Waals surface area contributed by atoms with Crippen molar-refractivity contribution in [1.82, 2.24) is 0 Å². The van der Waals surface area contributed by atoms with Crippen LogP contribution in [0.3, 0.4) is 0 Å². The second-order valence-electron chi connectivity index (χ2n) is 14.2. The number of rotatable bonds is 7. The lowest BCUT2D eigenvalue weighted by Gasteiger charge is -2.59. The van der Waals surface area contributed by atoms with Gasteiger partial charge < -0.3 is 14.6 Å². The molecule has 39 heavy (non-hydrogen) atoms. The number of fused-ring (bicyclic) bond motifs is 5. The van der Waals surface area contributed by atoms with Crippen molar-refractivity contribution in [2.45, 2.75) is 118 Å². The van der Waals surface area contributed by atoms with Gasteiger partial charge in [0.1, 0.15) is 6.10 Å². The van der Waals surface area contributed by atoms with Crippen LogP contribution in [-0.4, -0.2) is 54.6 Å². The zero-order valence-electron chi connectivity index (χ0n) is 24.5. The molecule has 0 amide bonds. The highest BCUT2D eigenvalue weighted by Gasteiger charge is 2.63. The van der Waals surface area contributed by atoms with E-state index in [2.05, 4.69) is 47.6 Å². The van der Waals surface area contributed by atoms with E-state index >= 15 is 0 Å². The Morgan fingerprint density at radius 1 is 1.05 bits per heavy atom. The van der Waals surface area contributed by atoms with Gasteiger partial charge in [-0.1, -0.05) is 53.2 Å². The highest BCUT2D eigenvalue weighted by Crippen LogP contribution is 2.68. The molecule has 0 aromatic carbocycles. The monoisotopic (exact) mass is 568 g/mol. The molecule has 0 unspecified atom stereocenters. The first-order valence-corrected chi connectivity index (χ1v) is 16.3. The third-order valence-corrected chi connectivity index (χ3v) is 12.5. The highest BCUT2D eigenvalue weighted by molar-refractivity contribution is 7.80. The minimum absolute atomic E-state index is 0.176. The molecule has 4 fully saturated rings. The summed E-state index contributed by atoms with van der Waals surface area (Å²) >= 11 is 0. The molecule has 8 nitrogen and oxygen atoms in total. The van der Waals surface area contributed by atoms with E-state index in [0.29, 0.717) is 54.6 Å². The molecular formula is C30H48O8S. The van der Waals surface area contributed by atoms with E-state index in [4.69, 9.17) is 13.7 Å². The van der Waals surface area contributed by atoms with Gasteiger partial charge in [-0.2, -0.15) is 8.42 Å². The number of aliphatic hydroxyl groups is 1. The van der Waals surface area contributed by atoms with Gasteiger partial charge in [-0.15, -0.1) is 0 Å². The van der Waals surface area contributed by atoms with Crippen LogP contribution >= 0.6 is 0 Å². The van der Waals surface area contributed by atoms with Crippen LogP contribution in [0.2, 0.25) is 0 Å². The van der Waals surface area contributed by atoms with E-state index in [-0.39, 0.29) is 17.3 Å². The van der Waals surface area contributed by atoms with Gasteiger partial charge in [0.05, 0.1) is 18.3 Å². The molecule has 0 aromatic heterocycles. The lowest BCUT2D eigenvalue weighted by atomic mass is 9.47. The molecule has 9 heteroatoms. The first-order valence-electron chi connectivity index (χ1n) is 14.9. The van der Waals surface area contributed by atoms with Crippen molar-refractivity contribution < 1.29 is 36.5 Å². The Kier molecular flexibility index (Phi) is 7.62. The molecule has 1 heterocycles. The first kappa shape index (κ1) is 29.5. The van der Waals surface area contributed by atoms with Crippen LogP contribution in [-0.2, 0) is 28.9 Å². The number of esters is 1. The maximum atomic E-state index is 11.8. The number of carbonyl (C=O) groups is 1. The minimum Gasteiger partial charge on any atom is -0.457 e. The highest BCUT2D eigenvalue weighted by atomic mass is 32.3. The Balaban J connectivity index is 1.41. The lowest BCUT2D eigenvalue weighted by molar-refractivity contribution is -0.193. The van der Waals surface area contributed by atoms with Gasteiger partial charge in [0, 0.05) is 6.92 Å². The Labute approximate surface area is 234 Å². The van der Waals surface area contributed by atoms with Crippen molar-refractivity contribution in [2.75, 3.05) is 0 Å². The van der Waals surface area contributed by atoms with Crippen molar-refractivity contribution in [3.8, 4) is 0 Å². The van der Waals surface area contributed by atoms with Gasteiger partial charge in [0.15, 0.2) is 6.10 Å². The second kappa shape index (κ2) is 10.1. The number of epoxide rings is 1. The molecule has 13 atom stereocenters. The summed E-state index contributed by atoms with van der Waals surface area (Å²) in [4.78, 5) is 11.8. The number of allylic oxidation sites excluding steroid dienone is 2. The average molecular weight is 569 g/mol. The van der Waals surface area contributed by atoms with E-state index in [0.717, 1.165) is 19.3 Å². The number of aliphatic hydroxyl groups excluding tert-OH is 1. The van der Waals surface area contributed by atoms with Gasteiger partial charge in [0.2, 0.25) is 0 Å². The van der Waals surface area contributed by atoms with Gasteiger partial charge in [-0.05, 0) is 90.8 Å². The van der Waals surface area contributed by atoms with E-state index in [1.165, 1.54) is 18.9 Å².